The molecule has 136 valence electrons. The Kier molecular flexibility index (Phi) is 5.48. The molecule has 2 aromatic rings. The van der Waals surface area contributed by atoms with Gasteiger partial charge < -0.3 is 15.5 Å². The molecule has 1 unspecified atom stereocenters. The number of carbonyl (C=O) groups is 1. The molecule has 0 saturated heterocycles. The van der Waals surface area contributed by atoms with E-state index in [1.54, 1.807) is 30.1 Å². The zero-order valence-corrected chi connectivity index (χ0v) is 14.6. The van der Waals surface area contributed by atoms with Crippen LogP contribution in [0.25, 0.3) is 0 Å². The van der Waals surface area contributed by atoms with Crippen LogP contribution < -0.4 is 15.5 Å². The summed E-state index contributed by atoms with van der Waals surface area (Å²) in [5.41, 5.74) is 2.94. The molecule has 1 aliphatic heterocycles. The molecule has 2 N–H and O–H groups in total. The number of hydrogen-bond donors (Lipinski definition) is 2. The van der Waals surface area contributed by atoms with Crippen LogP contribution in [0.4, 0.5) is 11.4 Å². The van der Waals surface area contributed by atoms with Gasteiger partial charge >= 0.3 is 0 Å². The van der Waals surface area contributed by atoms with E-state index in [2.05, 4.69) is 22.8 Å². The number of anilines is 1. The molecular formula is C19H22N4O3. The highest BCUT2D eigenvalue weighted by Crippen LogP contribution is 2.26. The lowest BCUT2D eigenvalue weighted by atomic mass is 9.94. The molecule has 1 heterocycles. The fraction of sp³-hybridized carbons (Fsp3) is 0.316. The van der Waals surface area contributed by atoms with Crippen molar-refractivity contribution in [3.05, 3.63) is 69.8 Å². The van der Waals surface area contributed by atoms with Crippen LogP contribution in [-0.4, -0.2) is 37.5 Å². The van der Waals surface area contributed by atoms with Crippen LogP contribution in [0.5, 0.6) is 0 Å². The van der Waals surface area contributed by atoms with Gasteiger partial charge in [0.25, 0.3) is 5.69 Å². The molecule has 0 aromatic heterocycles. The minimum Gasteiger partial charge on any atom is -0.360 e. The van der Waals surface area contributed by atoms with Crippen molar-refractivity contribution in [1.82, 2.24) is 10.6 Å². The lowest BCUT2D eigenvalue weighted by Crippen LogP contribution is -2.42. The summed E-state index contributed by atoms with van der Waals surface area (Å²) in [4.78, 5) is 24.6. The third-order valence-corrected chi connectivity index (χ3v) is 4.59. The van der Waals surface area contributed by atoms with E-state index in [9.17, 15) is 14.9 Å². The molecule has 0 spiro atoms. The van der Waals surface area contributed by atoms with Crippen molar-refractivity contribution in [1.29, 1.82) is 0 Å². The van der Waals surface area contributed by atoms with E-state index in [1.807, 2.05) is 12.1 Å². The highest BCUT2D eigenvalue weighted by molar-refractivity contribution is 5.82. The summed E-state index contributed by atoms with van der Waals surface area (Å²) in [5.74, 6) is -0.171. The number of para-hydroxylation sites is 2. The van der Waals surface area contributed by atoms with Crippen molar-refractivity contribution >= 4 is 17.3 Å². The average molecular weight is 354 g/mol. The van der Waals surface area contributed by atoms with E-state index < -0.39 is 4.92 Å². The van der Waals surface area contributed by atoms with Gasteiger partial charge in [-0.25, -0.2) is 0 Å². The van der Waals surface area contributed by atoms with Gasteiger partial charge in [-0.2, -0.15) is 0 Å². The van der Waals surface area contributed by atoms with Crippen LogP contribution in [0.1, 0.15) is 17.2 Å². The number of rotatable bonds is 6. The molecule has 1 amide bonds. The van der Waals surface area contributed by atoms with Gasteiger partial charge in [0.2, 0.25) is 5.91 Å². The molecule has 1 aliphatic rings. The average Bonchev–Trinajstić information content (AvgIpc) is 2.66. The summed E-state index contributed by atoms with van der Waals surface area (Å²) in [6, 6.07) is 14.7. The molecule has 7 nitrogen and oxygen atoms in total. The Balaban J connectivity index is 1.59. The van der Waals surface area contributed by atoms with Crippen LogP contribution in [0.15, 0.2) is 48.5 Å². The summed E-state index contributed by atoms with van der Waals surface area (Å²) >= 11 is 0. The summed E-state index contributed by atoms with van der Waals surface area (Å²) in [7, 11) is 1.68. The summed E-state index contributed by atoms with van der Waals surface area (Å²) in [5, 5.41) is 17.5. The lowest BCUT2D eigenvalue weighted by molar-refractivity contribution is -0.384. The van der Waals surface area contributed by atoms with Gasteiger partial charge in [0, 0.05) is 25.7 Å². The Hall–Kier alpha value is -2.93. The van der Waals surface area contributed by atoms with E-state index in [4.69, 9.17) is 0 Å². The third kappa shape index (κ3) is 4.00. The quantitative estimate of drug-likeness (QED) is 0.612. The Morgan fingerprint density at radius 1 is 1.27 bits per heavy atom. The molecule has 3 rings (SSSR count). The highest BCUT2D eigenvalue weighted by Gasteiger charge is 2.21. The fourth-order valence-corrected chi connectivity index (χ4v) is 3.29. The van der Waals surface area contributed by atoms with Crippen LogP contribution in [0, 0.1) is 10.1 Å². The third-order valence-electron chi connectivity index (χ3n) is 4.59. The number of nitro benzene ring substituents is 1. The van der Waals surface area contributed by atoms with Crippen molar-refractivity contribution in [2.24, 2.45) is 0 Å². The zero-order valence-electron chi connectivity index (χ0n) is 14.6. The largest absolute Gasteiger partial charge is 0.360 e. The Labute approximate surface area is 152 Å². The number of nitro groups is 1. The molecule has 2 aromatic carbocycles. The second-order valence-corrected chi connectivity index (χ2v) is 6.36. The van der Waals surface area contributed by atoms with E-state index in [-0.39, 0.29) is 24.2 Å². The van der Waals surface area contributed by atoms with Gasteiger partial charge in [0.05, 0.1) is 11.5 Å². The number of carbonyl (C=O) groups excluding carboxylic acids is 1. The Morgan fingerprint density at radius 2 is 2.00 bits per heavy atom. The first kappa shape index (κ1) is 17.9. The molecule has 0 bridgehead atoms. The van der Waals surface area contributed by atoms with E-state index in [0.717, 1.165) is 13.0 Å². The van der Waals surface area contributed by atoms with Gasteiger partial charge in [-0.1, -0.05) is 36.4 Å². The van der Waals surface area contributed by atoms with Crippen LogP contribution in [0.2, 0.25) is 0 Å². The number of nitrogens with one attached hydrogen (secondary N) is 2. The summed E-state index contributed by atoms with van der Waals surface area (Å²) in [6.07, 6.45) is 0.987. The second kappa shape index (κ2) is 7.97. The van der Waals surface area contributed by atoms with Crippen LogP contribution >= 0.6 is 0 Å². The maximum Gasteiger partial charge on any atom is 0.292 e. The predicted molar refractivity (Wildman–Crippen MR) is 100 cm³/mol. The topological polar surface area (TPSA) is 87.5 Å². The smallest absolute Gasteiger partial charge is 0.292 e. The number of nitrogens with zero attached hydrogens (tertiary/aromatic N) is 2. The van der Waals surface area contributed by atoms with Crippen molar-refractivity contribution in [3.63, 3.8) is 0 Å². The summed E-state index contributed by atoms with van der Waals surface area (Å²) in [6.45, 7) is 1.42. The van der Waals surface area contributed by atoms with Gasteiger partial charge in [0.1, 0.15) is 5.69 Å². The van der Waals surface area contributed by atoms with Gasteiger partial charge in [-0.3, -0.25) is 14.9 Å². The van der Waals surface area contributed by atoms with Gasteiger partial charge in [0.15, 0.2) is 0 Å². The SMILES string of the molecule is CN(CC(=O)NCC1NCCc2ccccc21)c1ccccc1[N+](=O)[O-]. The number of benzene rings is 2. The van der Waals surface area contributed by atoms with E-state index in [0.29, 0.717) is 12.2 Å². The molecule has 0 aliphatic carbocycles. The molecule has 0 fully saturated rings. The maximum atomic E-state index is 12.3. The minimum absolute atomic E-state index is 0.00863. The highest BCUT2D eigenvalue weighted by atomic mass is 16.6. The monoisotopic (exact) mass is 354 g/mol. The number of amides is 1. The van der Waals surface area contributed by atoms with Crippen LogP contribution in [0.3, 0.4) is 0 Å². The first-order valence-electron chi connectivity index (χ1n) is 8.58. The van der Waals surface area contributed by atoms with E-state index >= 15 is 0 Å². The normalized spacial score (nSPS) is 15.8. The molecular weight excluding hydrogens is 332 g/mol. The molecule has 26 heavy (non-hydrogen) atoms. The molecule has 0 radical (unpaired) electrons. The van der Waals surface area contributed by atoms with Crippen molar-refractivity contribution in [2.45, 2.75) is 12.5 Å². The van der Waals surface area contributed by atoms with E-state index in [1.165, 1.54) is 17.2 Å². The first-order chi connectivity index (χ1) is 12.6. The van der Waals surface area contributed by atoms with Crippen molar-refractivity contribution < 1.29 is 9.72 Å². The predicted octanol–water partition coefficient (Wildman–Crippen LogP) is 2.03. The zero-order chi connectivity index (χ0) is 18.5. The lowest BCUT2D eigenvalue weighted by Gasteiger charge is -2.27. The minimum atomic E-state index is -0.438. The van der Waals surface area contributed by atoms with Crippen molar-refractivity contribution in [2.75, 3.05) is 31.6 Å². The molecule has 1 atom stereocenters. The molecule has 0 saturated carbocycles. The number of hydrogen-bond acceptors (Lipinski definition) is 5. The van der Waals surface area contributed by atoms with Crippen LogP contribution in [-0.2, 0) is 11.2 Å². The maximum absolute atomic E-state index is 12.3. The fourth-order valence-electron chi connectivity index (χ4n) is 3.29. The Bertz CT molecular complexity index is 809. The first-order valence-corrected chi connectivity index (χ1v) is 8.58. The van der Waals surface area contributed by atoms with Gasteiger partial charge in [-0.05, 0) is 30.2 Å². The van der Waals surface area contributed by atoms with Gasteiger partial charge in [-0.15, -0.1) is 0 Å². The Morgan fingerprint density at radius 3 is 2.81 bits per heavy atom. The van der Waals surface area contributed by atoms with Crippen molar-refractivity contribution in [3.8, 4) is 0 Å². The molecule has 7 heteroatoms. The summed E-state index contributed by atoms with van der Waals surface area (Å²) < 4.78 is 0. The standard InChI is InChI=1S/C19H22N4O3/c1-22(17-8-4-5-9-18(17)23(25)26)13-19(24)21-12-16-15-7-3-2-6-14(15)10-11-20-16/h2-9,16,20H,10-13H2,1H3,(H,21,24). The number of likely N-dealkylation sites (N-methyl/N-ethyl adjacent to an activating group) is 1. The second-order valence-electron chi connectivity index (χ2n) is 6.36. The number of fused-ring (bicyclic) bond motifs is 1.